The predicted molar refractivity (Wildman–Crippen MR) is 58.0 cm³/mol. The van der Waals surface area contributed by atoms with E-state index in [0.29, 0.717) is 0 Å². The van der Waals surface area contributed by atoms with Crippen molar-refractivity contribution < 1.29 is 0 Å². The number of benzene rings is 1. The molecule has 0 aliphatic heterocycles. The number of fused-ring (bicyclic) bond motifs is 1. The lowest BCUT2D eigenvalue weighted by Gasteiger charge is -1.94. The van der Waals surface area contributed by atoms with E-state index >= 15 is 0 Å². The Morgan fingerprint density at radius 3 is 2.57 bits per heavy atom. The summed E-state index contributed by atoms with van der Waals surface area (Å²) in [4.78, 5) is 4.05. The molecule has 3 heteroatoms. The van der Waals surface area contributed by atoms with Crippen molar-refractivity contribution in [3.8, 4) is 0 Å². The van der Waals surface area contributed by atoms with Crippen molar-refractivity contribution in [3.05, 3.63) is 30.1 Å². The van der Waals surface area contributed by atoms with Crippen molar-refractivity contribution in [3.63, 3.8) is 0 Å². The maximum atomic E-state index is 4.05. The molecule has 0 atom stereocenters. The van der Waals surface area contributed by atoms with Gasteiger partial charge in [-0.2, -0.15) is 0 Å². The number of hydrogen-bond acceptors (Lipinski definition) is 3. The van der Waals surface area contributed by atoms with Gasteiger partial charge in [0.2, 0.25) is 0 Å². The molecule has 1 aromatic carbocycles. The molecule has 0 saturated heterocycles. The molecule has 0 saturated carbocycles. The minimum atomic E-state index is 0.854. The van der Waals surface area contributed by atoms with E-state index in [0.717, 1.165) is 11.0 Å². The van der Waals surface area contributed by atoms with Gasteiger partial charge in [-0.15, -0.1) is 10.2 Å². The molecule has 0 bridgehead atoms. The molecule has 2 rings (SSSR count). The second-order valence-corrected chi connectivity index (χ2v) is 3.16. The van der Waals surface area contributed by atoms with Gasteiger partial charge in [0.1, 0.15) is 11.8 Å². The van der Waals surface area contributed by atoms with E-state index in [4.69, 9.17) is 0 Å². The molecule has 0 spiro atoms. The van der Waals surface area contributed by atoms with Gasteiger partial charge in [0.05, 0.1) is 5.52 Å². The number of aryl methyl sites for hydroxylation is 1. The summed E-state index contributed by atoms with van der Waals surface area (Å²) in [5, 5.41) is 7.62. The third-order valence-corrected chi connectivity index (χ3v) is 1.54. The van der Waals surface area contributed by atoms with Crippen LogP contribution in [0.25, 0.3) is 11.0 Å². The summed E-state index contributed by atoms with van der Waals surface area (Å²) in [7, 11) is 0. The first-order valence-electron chi connectivity index (χ1n) is 4.82. The van der Waals surface area contributed by atoms with Crippen LogP contribution in [-0.2, 0) is 0 Å². The van der Waals surface area contributed by atoms with E-state index in [1.165, 1.54) is 18.3 Å². The van der Waals surface area contributed by atoms with Crippen LogP contribution in [0.3, 0.4) is 0 Å². The van der Waals surface area contributed by atoms with E-state index in [1.807, 2.05) is 25.1 Å². The lowest BCUT2D eigenvalue weighted by molar-refractivity contribution is 1.02. The van der Waals surface area contributed by atoms with Gasteiger partial charge in [-0.3, -0.25) is 0 Å². The number of rotatable bonds is 0. The molecule has 14 heavy (non-hydrogen) atoms. The Morgan fingerprint density at radius 1 is 1.14 bits per heavy atom. The monoisotopic (exact) mass is 189 g/mol. The molecule has 0 amide bonds. The molecular weight excluding hydrogens is 174 g/mol. The van der Waals surface area contributed by atoms with Crippen molar-refractivity contribution in [2.24, 2.45) is 0 Å². The van der Waals surface area contributed by atoms with Crippen LogP contribution < -0.4 is 0 Å². The molecule has 2 aromatic rings. The highest BCUT2D eigenvalue weighted by Gasteiger charge is 1.93. The average Bonchev–Trinajstić information content (AvgIpc) is 2.19. The fraction of sp³-hybridized carbons (Fsp3) is 0.364. The van der Waals surface area contributed by atoms with E-state index < -0.39 is 0 Å². The Kier molecular flexibility index (Phi) is 3.98. The van der Waals surface area contributed by atoms with Gasteiger partial charge in [-0.25, -0.2) is 4.98 Å². The van der Waals surface area contributed by atoms with Crippen molar-refractivity contribution in [1.29, 1.82) is 0 Å². The quantitative estimate of drug-likeness (QED) is 0.639. The first-order valence-corrected chi connectivity index (χ1v) is 4.82. The average molecular weight is 189 g/mol. The maximum Gasteiger partial charge on any atom is 0.138 e. The molecule has 0 aliphatic rings. The molecule has 3 nitrogen and oxygen atoms in total. The summed E-state index contributed by atoms with van der Waals surface area (Å²) in [5.74, 6) is 0. The minimum absolute atomic E-state index is 0.854. The fourth-order valence-electron chi connectivity index (χ4n) is 0.999. The predicted octanol–water partition coefficient (Wildman–Crippen LogP) is 2.75. The summed E-state index contributed by atoms with van der Waals surface area (Å²) in [6.45, 7) is 6.27. The molecule has 0 aliphatic carbocycles. The molecule has 0 radical (unpaired) electrons. The summed E-state index contributed by atoms with van der Waals surface area (Å²) < 4.78 is 0. The van der Waals surface area contributed by atoms with Crippen molar-refractivity contribution >= 4 is 11.0 Å². The second-order valence-electron chi connectivity index (χ2n) is 3.16. The zero-order valence-electron chi connectivity index (χ0n) is 8.86. The highest BCUT2D eigenvalue weighted by atomic mass is 15.1. The third kappa shape index (κ3) is 2.76. The van der Waals surface area contributed by atoms with Crippen LogP contribution in [0.4, 0.5) is 0 Å². The molecule has 1 aromatic heterocycles. The lowest BCUT2D eigenvalue weighted by Crippen LogP contribution is -1.86. The highest BCUT2D eigenvalue weighted by molar-refractivity contribution is 5.73. The van der Waals surface area contributed by atoms with Gasteiger partial charge in [0.15, 0.2) is 0 Å². The lowest BCUT2D eigenvalue weighted by atomic mass is 10.2. The van der Waals surface area contributed by atoms with E-state index in [1.54, 1.807) is 0 Å². The molecule has 74 valence electrons. The van der Waals surface area contributed by atoms with Gasteiger partial charge >= 0.3 is 0 Å². The number of aromatic nitrogens is 3. The first-order chi connectivity index (χ1) is 6.77. The Morgan fingerprint density at radius 2 is 1.86 bits per heavy atom. The fourth-order valence-corrected chi connectivity index (χ4v) is 0.999. The Labute approximate surface area is 84.2 Å². The smallest absolute Gasteiger partial charge is 0.138 e. The van der Waals surface area contributed by atoms with E-state index in [9.17, 15) is 0 Å². The van der Waals surface area contributed by atoms with Gasteiger partial charge < -0.3 is 0 Å². The Hall–Kier alpha value is -1.51. The molecule has 0 fully saturated rings. The van der Waals surface area contributed by atoms with Gasteiger partial charge in [0.25, 0.3) is 0 Å². The summed E-state index contributed by atoms with van der Waals surface area (Å²) in [6, 6.07) is 5.92. The van der Waals surface area contributed by atoms with Crippen LogP contribution in [0.5, 0.6) is 0 Å². The normalized spacial score (nSPS) is 9.36. The van der Waals surface area contributed by atoms with Crippen LogP contribution >= 0.6 is 0 Å². The largest absolute Gasteiger partial charge is 0.233 e. The Balaban J connectivity index is 0.000000293. The molecule has 0 N–H and O–H groups in total. The van der Waals surface area contributed by atoms with Crippen molar-refractivity contribution in [2.75, 3.05) is 0 Å². The van der Waals surface area contributed by atoms with Crippen LogP contribution in [0, 0.1) is 6.92 Å². The Bertz CT molecular complexity index is 398. The molecule has 0 unspecified atom stereocenters. The van der Waals surface area contributed by atoms with Crippen molar-refractivity contribution in [1.82, 2.24) is 15.2 Å². The zero-order chi connectivity index (χ0) is 10.4. The third-order valence-electron chi connectivity index (χ3n) is 1.54. The standard InChI is InChI=1S/C8H7N3.C3H8/c1-6-2-3-7-8(4-6)11-10-5-9-7;1-3-2/h2-5H,1H3;3H2,1-2H3. The van der Waals surface area contributed by atoms with Crippen LogP contribution in [0.1, 0.15) is 25.8 Å². The minimum Gasteiger partial charge on any atom is -0.233 e. The number of hydrogen-bond donors (Lipinski definition) is 0. The van der Waals surface area contributed by atoms with Crippen LogP contribution in [-0.4, -0.2) is 15.2 Å². The van der Waals surface area contributed by atoms with Gasteiger partial charge in [-0.1, -0.05) is 26.3 Å². The van der Waals surface area contributed by atoms with Gasteiger partial charge in [-0.05, 0) is 24.6 Å². The van der Waals surface area contributed by atoms with Crippen molar-refractivity contribution in [2.45, 2.75) is 27.2 Å². The second kappa shape index (κ2) is 5.27. The number of nitrogens with zero attached hydrogens (tertiary/aromatic N) is 3. The van der Waals surface area contributed by atoms with E-state index in [2.05, 4.69) is 29.0 Å². The SMILES string of the molecule is CCC.Cc1ccc2ncnnc2c1. The summed E-state index contributed by atoms with van der Waals surface area (Å²) >= 11 is 0. The molecular formula is C11H15N3. The maximum absolute atomic E-state index is 4.05. The zero-order valence-corrected chi connectivity index (χ0v) is 8.86. The first kappa shape index (κ1) is 10.6. The van der Waals surface area contributed by atoms with Gasteiger partial charge in [0, 0.05) is 0 Å². The van der Waals surface area contributed by atoms with Crippen LogP contribution in [0.15, 0.2) is 24.5 Å². The topological polar surface area (TPSA) is 38.7 Å². The summed E-state index contributed by atoms with van der Waals surface area (Å²) in [5.41, 5.74) is 2.93. The highest BCUT2D eigenvalue weighted by Crippen LogP contribution is 2.08. The van der Waals surface area contributed by atoms with E-state index in [-0.39, 0.29) is 0 Å². The summed E-state index contributed by atoms with van der Waals surface area (Å²) in [6.07, 6.45) is 2.71. The molecule has 1 heterocycles. The van der Waals surface area contributed by atoms with Crippen LogP contribution in [0.2, 0.25) is 0 Å².